The van der Waals surface area contributed by atoms with Crippen LogP contribution < -0.4 is 0 Å². The monoisotopic (exact) mass is 238 g/mol. The van der Waals surface area contributed by atoms with Gasteiger partial charge in [-0.05, 0) is 18.6 Å². The highest BCUT2D eigenvalue weighted by atomic mass is 35.5. The van der Waals surface area contributed by atoms with E-state index in [1.165, 1.54) is 12.1 Å². The molecule has 82 valence electrons. The Kier molecular flexibility index (Phi) is 3.59. The number of benzene rings is 1. The maximum Gasteiger partial charge on any atom is 0.298 e. The third kappa shape index (κ3) is 2.02. The summed E-state index contributed by atoms with van der Waals surface area (Å²) in [5, 5.41) is 19.6. The zero-order valence-corrected chi connectivity index (χ0v) is 9.11. The summed E-state index contributed by atoms with van der Waals surface area (Å²) in [6, 6.07) is 4.50. The molecule has 0 fully saturated rings. The highest BCUT2D eigenvalue weighted by molar-refractivity contribution is 6.31. The van der Waals surface area contributed by atoms with Crippen LogP contribution in [0.15, 0.2) is 12.1 Å². The molecule has 0 aliphatic carbocycles. The summed E-state index contributed by atoms with van der Waals surface area (Å²) in [5.41, 5.74) is -0.243. The Balaban J connectivity index is 3.62. The fourth-order valence-electron chi connectivity index (χ4n) is 1.39. The number of nitrogens with zero attached hydrogens (tertiary/aromatic N) is 2. The van der Waals surface area contributed by atoms with Crippen molar-refractivity contribution in [3.05, 3.63) is 38.9 Å². The molecule has 1 aromatic rings. The molecule has 5 nitrogen and oxygen atoms in total. The van der Waals surface area contributed by atoms with Gasteiger partial charge in [-0.1, -0.05) is 6.07 Å². The molecule has 0 aliphatic rings. The molecule has 0 unspecified atom stereocenters. The number of hydrogen-bond acceptors (Lipinski definition) is 4. The van der Waals surface area contributed by atoms with Crippen LogP contribution in [0.2, 0.25) is 0 Å². The second-order valence-corrected chi connectivity index (χ2v) is 3.35. The largest absolute Gasteiger partial charge is 0.298 e. The van der Waals surface area contributed by atoms with Gasteiger partial charge in [0.1, 0.15) is 17.2 Å². The lowest BCUT2D eigenvalue weighted by Crippen LogP contribution is -2.09. The third-order valence-electron chi connectivity index (χ3n) is 2.09. The molecule has 0 atom stereocenters. The van der Waals surface area contributed by atoms with E-state index in [-0.39, 0.29) is 17.0 Å². The molecular formula is C10H7ClN2O3. The first kappa shape index (κ1) is 12.1. The molecule has 0 aliphatic heterocycles. The first-order valence-corrected chi connectivity index (χ1v) is 4.83. The molecule has 0 amide bonds. The van der Waals surface area contributed by atoms with E-state index in [1.807, 2.05) is 0 Å². The van der Waals surface area contributed by atoms with Crippen molar-refractivity contribution in [3.63, 3.8) is 0 Å². The van der Waals surface area contributed by atoms with Crippen molar-refractivity contribution in [1.82, 2.24) is 0 Å². The van der Waals surface area contributed by atoms with Crippen molar-refractivity contribution >= 4 is 23.1 Å². The Hall–Kier alpha value is -1.93. The van der Waals surface area contributed by atoms with Crippen LogP contribution in [-0.4, -0.2) is 16.6 Å². The predicted octanol–water partition coefficient (Wildman–Crippen LogP) is 2.20. The second kappa shape index (κ2) is 4.73. The first-order valence-electron chi connectivity index (χ1n) is 4.30. The third-order valence-corrected chi connectivity index (χ3v) is 2.33. The molecule has 0 aromatic heterocycles. The number of halogens is 1. The van der Waals surface area contributed by atoms with E-state index < -0.39 is 16.4 Å². The van der Waals surface area contributed by atoms with Crippen LogP contribution in [0.3, 0.4) is 0 Å². The minimum atomic E-state index is -0.731. The highest BCUT2D eigenvalue weighted by Gasteiger charge is 2.25. The van der Waals surface area contributed by atoms with Gasteiger partial charge in [0.15, 0.2) is 5.78 Å². The highest BCUT2D eigenvalue weighted by Crippen LogP contribution is 2.27. The van der Waals surface area contributed by atoms with Crippen molar-refractivity contribution in [1.29, 1.82) is 5.26 Å². The topological polar surface area (TPSA) is 84.0 Å². The number of carbonyl (C=O) groups excluding carboxylic acids is 1. The van der Waals surface area contributed by atoms with Crippen molar-refractivity contribution < 1.29 is 9.72 Å². The van der Waals surface area contributed by atoms with E-state index in [0.717, 1.165) is 0 Å². The zero-order chi connectivity index (χ0) is 12.3. The van der Waals surface area contributed by atoms with Gasteiger partial charge in [-0.15, -0.1) is 11.6 Å². The van der Waals surface area contributed by atoms with Gasteiger partial charge >= 0.3 is 0 Å². The number of hydrogen-bond donors (Lipinski definition) is 0. The fourth-order valence-corrected chi connectivity index (χ4v) is 1.52. The van der Waals surface area contributed by atoms with Gasteiger partial charge in [-0.25, -0.2) is 0 Å². The van der Waals surface area contributed by atoms with Crippen molar-refractivity contribution in [2.75, 3.05) is 5.88 Å². The normalized spacial score (nSPS) is 9.56. The molecule has 6 heteroatoms. The second-order valence-electron chi connectivity index (χ2n) is 3.08. The number of rotatable bonds is 3. The first-order chi connectivity index (χ1) is 7.52. The summed E-state index contributed by atoms with van der Waals surface area (Å²) in [5.74, 6) is -0.903. The van der Waals surface area contributed by atoms with Crippen molar-refractivity contribution in [2.45, 2.75) is 6.92 Å². The van der Waals surface area contributed by atoms with E-state index in [1.54, 1.807) is 13.0 Å². The lowest BCUT2D eigenvalue weighted by molar-refractivity contribution is -0.385. The van der Waals surface area contributed by atoms with Gasteiger partial charge < -0.3 is 0 Å². The lowest BCUT2D eigenvalue weighted by Gasteiger charge is -2.04. The Morgan fingerprint density at radius 2 is 2.25 bits per heavy atom. The smallest absolute Gasteiger partial charge is 0.293 e. The number of nitro groups is 1. The number of Topliss-reactive ketones (excluding diaryl/α,β-unsaturated/α-hetero) is 1. The summed E-state index contributed by atoms with van der Waals surface area (Å²) >= 11 is 5.38. The Bertz CT molecular complexity index is 506. The van der Waals surface area contributed by atoms with E-state index in [9.17, 15) is 14.9 Å². The molecule has 1 aromatic carbocycles. The summed E-state index contributed by atoms with van der Waals surface area (Å²) in [6.07, 6.45) is 0. The molecule has 0 bridgehead atoms. The van der Waals surface area contributed by atoms with Gasteiger partial charge in [0.25, 0.3) is 5.69 Å². The van der Waals surface area contributed by atoms with Gasteiger partial charge in [0, 0.05) is 0 Å². The van der Waals surface area contributed by atoms with Crippen LogP contribution in [0, 0.1) is 28.4 Å². The van der Waals surface area contributed by atoms with Gasteiger partial charge in [-0.3, -0.25) is 14.9 Å². The van der Waals surface area contributed by atoms with Crippen LogP contribution in [-0.2, 0) is 0 Å². The molecule has 0 radical (unpaired) electrons. The predicted molar refractivity (Wildman–Crippen MR) is 57.6 cm³/mol. The van der Waals surface area contributed by atoms with Gasteiger partial charge in [0.2, 0.25) is 0 Å². The summed E-state index contributed by atoms with van der Waals surface area (Å²) in [7, 11) is 0. The van der Waals surface area contributed by atoms with Crippen LogP contribution in [0.4, 0.5) is 5.69 Å². The number of nitro benzene ring substituents is 1. The average molecular weight is 239 g/mol. The average Bonchev–Trinajstić information content (AvgIpc) is 2.27. The Labute approximate surface area is 96.4 Å². The number of aryl methyl sites for hydroxylation is 1. The van der Waals surface area contributed by atoms with E-state index >= 15 is 0 Å². The SMILES string of the molecule is Cc1ccc(C#N)c([N+](=O)[O-])c1C(=O)CCl. The summed E-state index contributed by atoms with van der Waals surface area (Å²) in [4.78, 5) is 21.6. The lowest BCUT2D eigenvalue weighted by atomic mass is 9.99. The number of ketones is 1. The Morgan fingerprint density at radius 3 is 2.69 bits per heavy atom. The molecular weight excluding hydrogens is 232 g/mol. The zero-order valence-electron chi connectivity index (χ0n) is 8.36. The maximum absolute atomic E-state index is 11.5. The van der Waals surface area contributed by atoms with E-state index in [4.69, 9.17) is 16.9 Å². The van der Waals surface area contributed by atoms with Gasteiger partial charge in [-0.2, -0.15) is 5.26 Å². The summed E-state index contributed by atoms with van der Waals surface area (Å²) < 4.78 is 0. The molecule has 1 rings (SSSR count). The van der Waals surface area contributed by atoms with E-state index in [0.29, 0.717) is 5.56 Å². The molecule has 16 heavy (non-hydrogen) atoms. The number of carbonyl (C=O) groups is 1. The molecule has 0 saturated carbocycles. The van der Waals surface area contributed by atoms with Crippen LogP contribution >= 0.6 is 11.6 Å². The number of nitriles is 1. The van der Waals surface area contributed by atoms with E-state index in [2.05, 4.69) is 0 Å². The molecule has 0 N–H and O–H groups in total. The Morgan fingerprint density at radius 1 is 1.62 bits per heavy atom. The summed E-state index contributed by atoms with van der Waals surface area (Å²) in [6.45, 7) is 1.56. The van der Waals surface area contributed by atoms with Crippen molar-refractivity contribution in [3.8, 4) is 6.07 Å². The van der Waals surface area contributed by atoms with Crippen molar-refractivity contribution in [2.24, 2.45) is 0 Å². The molecule has 0 heterocycles. The number of alkyl halides is 1. The fraction of sp³-hybridized carbons (Fsp3) is 0.200. The molecule has 0 saturated heterocycles. The standard InChI is InChI=1S/C10H7ClN2O3/c1-6-2-3-7(5-12)10(13(15)16)9(6)8(14)4-11/h2-3H,4H2,1H3. The van der Waals surface area contributed by atoms with Crippen LogP contribution in [0.5, 0.6) is 0 Å². The maximum atomic E-state index is 11.5. The molecule has 0 spiro atoms. The van der Waals surface area contributed by atoms with Gasteiger partial charge in [0.05, 0.1) is 10.8 Å². The van der Waals surface area contributed by atoms with Crippen LogP contribution in [0.1, 0.15) is 21.5 Å². The minimum Gasteiger partial charge on any atom is -0.293 e. The van der Waals surface area contributed by atoms with Crippen LogP contribution in [0.25, 0.3) is 0 Å². The minimum absolute atomic E-state index is 0.0842. The quantitative estimate of drug-likeness (QED) is 0.350.